The first-order valence-corrected chi connectivity index (χ1v) is 5.32. The highest BCUT2D eigenvalue weighted by Crippen LogP contribution is 2.12. The van der Waals surface area contributed by atoms with Crippen LogP contribution in [0.15, 0.2) is 18.3 Å². The van der Waals surface area contributed by atoms with Crippen LogP contribution in [0.2, 0.25) is 0 Å². The second-order valence-electron chi connectivity index (χ2n) is 4.78. The van der Waals surface area contributed by atoms with Gasteiger partial charge >= 0.3 is 0 Å². The zero-order valence-corrected chi connectivity index (χ0v) is 9.95. The number of rotatable bonds is 3. The maximum absolute atomic E-state index is 11.5. The molecule has 0 spiro atoms. The van der Waals surface area contributed by atoms with Gasteiger partial charge in [0, 0.05) is 24.2 Å². The molecule has 0 aliphatic heterocycles. The van der Waals surface area contributed by atoms with Crippen LogP contribution in [-0.2, 0) is 11.2 Å². The van der Waals surface area contributed by atoms with Crippen molar-refractivity contribution in [3.63, 3.8) is 0 Å². The Morgan fingerprint density at radius 1 is 1.50 bits per heavy atom. The molecule has 1 aromatic heterocycles. The molecule has 1 amide bonds. The predicted molar refractivity (Wildman–Crippen MR) is 62.1 cm³/mol. The van der Waals surface area contributed by atoms with Crippen molar-refractivity contribution < 1.29 is 9.90 Å². The molecule has 0 bridgehead atoms. The number of hydrogen-bond donors (Lipinski definition) is 2. The molecule has 2 N–H and O–H groups in total. The van der Waals surface area contributed by atoms with E-state index in [2.05, 4.69) is 10.3 Å². The zero-order chi connectivity index (χ0) is 12.2. The Hall–Kier alpha value is -1.58. The Morgan fingerprint density at radius 2 is 2.19 bits per heavy atom. The van der Waals surface area contributed by atoms with Crippen molar-refractivity contribution in [2.24, 2.45) is 5.41 Å². The van der Waals surface area contributed by atoms with E-state index in [9.17, 15) is 4.79 Å². The van der Waals surface area contributed by atoms with Crippen molar-refractivity contribution in [3.05, 3.63) is 23.9 Å². The van der Waals surface area contributed by atoms with Gasteiger partial charge in [-0.2, -0.15) is 0 Å². The minimum absolute atomic E-state index is 0.0136. The molecule has 0 saturated heterocycles. The van der Waals surface area contributed by atoms with Gasteiger partial charge in [-0.05, 0) is 18.1 Å². The molecule has 4 nitrogen and oxygen atoms in total. The van der Waals surface area contributed by atoms with Crippen molar-refractivity contribution >= 4 is 5.91 Å². The molecule has 1 aromatic rings. The molecule has 1 rings (SSSR count). The summed E-state index contributed by atoms with van der Waals surface area (Å²) in [4.78, 5) is 15.2. The van der Waals surface area contributed by atoms with Gasteiger partial charge in [-0.3, -0.25) is 4.79 Å². The smallest absolute Gasteiger partial charge is 0.225 e. The van der Waals surface area contributed by atoms with Crippen molar-refractivity contribution in [3.8, 4) is 5.88 Å². The van der Waals surface area contributed by atoms with Crippen LogP contribution < -0.4 is 5.32 Å². The van der Waals surface area contributed by atoms with Gasteiger partial charge < -0.3 is 10.4 Å². The van der Waals surface area contributed by atoms with Gasteiger partial charge in [0.25, 0.3) is 0 Å². The van der Waals surface area contributed by atoms with Gasteiger partial charge in [-0.15, -0.1) is 0 Å². The van der Waals surface area contributed by atoms with E-state index >= 15 is 0 Å². The average molecular weight is 222 g/mol. The second kappa shape index (κ2) is 4.96. The fraction of sp³-hybridized carbons (Fsp3) is 0.500. The monoisotopic (exact) mass is 222 g/mol. The normalized spacial score (nSPS) is 11.2. The second-order valence-corrected chi connectivity index (χ2v) is 4.78. The van der Waals surface area contributed by atoms with E-state index in [4.69, 9.17) is 5.11 Å². The van der Waals surface area contributed by atoms with Crippen LogP contribution in [0.1, 0.15) is 26.3 Å². The number of pyridine rings is 1. The molecule has 0 atom stereocenters. The van der Waals surface area contributed by atoms with Gasteiger partial charge in [-0.1, -0.05) is 20.8 Å². The van der Waals surface area contributed by atoms with Crippen molar-refractivity contribution in [1.29, 1.82) is 0 Å². The largest absolute Gasteiger partial charge is 0.493 e. The van der Waals surface area contributed by atoms with Gasteiger partial charge in [0.05, 0.1) is 0 Å². The highest BCUT2D eigenvalue weighted by Gasteiger charge is 2.20. The van der Waals surface area contributed by atoms with Gasteiger partial charge in [0.2, 0.25) is 11.8 Å². The van der Waals surface area contributed by atoms with E-state index in [1.807, 2.05) is 26.8 Å². The minimum atomic E-state index is -0.361. The summed E-state index contributed by atoms with van der Waals surface area (Å²) in [5.41, 5.74) is 0.599. The van der Waals surface area contributed by atoms with Crippen LogP contribution in [0.4, 0.5) is 0 Å². The lowest BCUT2D eigenvalue weighted by atomic mass is 9.95. The van der Waals surface area contributed by atoms with Crippen molar-refractivity contribution in [2.75, 3.05) is 6.54 Å². The maximum atomic E-state index is 11.5. The van der Waals surface area contributed by atoms with E-state index in [0.29, 0.717) is 13.0 Å². The van der Waals surface area contributed by atoms with Crippen molar-refractivity contribution in [2.45, 2.75) is 27.2 Å². The summed E-state index contributed by atoms with van der Waals surface area (Å²) in [5.74, 6) is 0.0467. The van der Waals surface area contributed by atoms with Crippen LogP contribution >= 0.6 is 0 Å². The first-order valence-electron chi connectivity index (χ1n) is 5.32. The van der Waals surface area contributed by atoms with Crippen LogP contribution in [0.3, 0.4) is 0 Å². The van der Waals surface area contributed by atoms with E-state index in [0.717, 1.165) is 5.56 Å². The van der Waals surface area contributed by atoms with Crippen LogP contribution in [0.25, 0.3) is 0 Å². The zero-order valence-electron chi connectivity index (χ0n) is 9.95. The molecule has 0 aromatic carbocycles. The molecule has 0 saturated carbocycles. The third-order valence-electron chi connectivity index (χ3n) is 2.19. The quantitative estimate of drug-likeness (QED) is 0.814. The Bertz CT molecular complexity index is 370. The van der Waals surface area contributed by atoms with Crippen LogP contribution in [0, 0.1) is 5.41 Å². The number of nitrogens with zero attached hydrogens (tertiary/aromatic N) is 1. The number of carbonyl (C=O) groups is 1. The third kappa shape index (κ3) is 3.88. The topological polar surface area (TPSA) is 62.2 Å². The first-order chi connectivity index (χ1) is 7.39. The Balaban J connectivity index is 2.39. The van der Waals surface area contributed by atoms with Crippen molar-refractivity contribution in [1.82, 2.24) is 10.3 Å². The lowest BCUT2D eigenvalue weighted by Crippen LogP contribution is -2.35. The molecule has 0 aliphatic carbocycles. The average Bonchev–Trinajstić information content (AvgIpc) is 2.16. The summed E-state index contributed by atoms with van der Waals surface area (Å²) in [6, 6.07) is 3.42. The lowest BCUT2D eigenvalue weighted by Gasteiger charge is -2.17. The van der Waals surface area contributed by atoms with Gasteiger partial charge in [-0.25, -0.2) is 4.98 Å². The number of aromatic nitrogens is 1. The molecule has 0 aliphatic rings. The summed E-state index contributed by atoms with van der Waals surface area (Å²) < 4.78 is 0. The van der Waals surface area contributed by atoms with E-state index in [1.54, 1.807) is 12.3 Å². The van der Waals surface area contributed by atoms with Crippen LogP contribution in [0.5, 0.6) is 5.88 Å². The fourth-order valence-corrected chi connectivity index (χ4v) is 1.20. The highest BCUT2D eigenvalue weighted by molar-refractivity contribution is 5.81. The Morgan fingerprint density at radius 3 is 2.75 bits per heavy atom. The van der Waals surface area contributed by atoms with Crippen LogP contribution in [-0.4, -0.2) is 22.5 Å². The highest BCUT2D eigenvalue weighted by atomic mass is 16.3. The summed E-state index contributed by atoms with van der Waals surface area (Å²) >= 11 is 0. The molecular weight excluding hydrogens is 204 g/mol. The number of carbonyl (C=O) groups excluding carboxylic acids is 1. The molecule has 0 radical (unpaired) electrons. The standard InChI is InChI=1S/C12H18N2O2/c1-12(2,3)11(16)14-7-5-9-4-6-13-10(15)8-9/h4,6,8H,5,7H2,1-3H3,(H,13,15)(H,14,16). The first kappa shape index (κ1) is 12.5. The summed E-state index contributed by atoms with van der Waals surface area (Å²) in [6.45, 7) is 6.20. The number of aromatic hydroxyl groups is 1. The third-order valence-corrected chi connectivity index (χ3v) is 2.19. The fourth-order valence-electron chi connectivity index (χ4n) is 1.20. The lowest BCUT2D eigenvalue weighted by molar-refractivity contribution is -0.128. The number of hydrogen-bond acceptors (Lipinski definition) is 3. The van der Waals surface area contributed by atoms with E-state index in [-0.39, 0.29) is 17.2 Å². The van der Waals surface area contributed by atoms with Gasteiger partial charge in [0.1, 0.15) is 0 Å². The molecule has 4 heteroatoms. The molecule has 1 heterocycles. The maximum Gasteiger partial charge on any atom is 0.225 e. The Kier molecular flexibility index (Phi) is 3.88. The molecule has 0 fully saturated rings. The molecular formula is C12H18N2O2. The molecule has 16 heavy (non-hydrogen) atoms. The van der Waals surface area contributed by atoms with E-state index in [1.165, 1.54) is 0 Å². The Labute approximate surface area is 95.7 Å². The van der Waals surface area contributed by atoms with E-state index < -0.39 is 0 Å². The predicted octanol–water partition coefficient (Wildman–Crippen LogP) is 1.49. The number of nitrogens with one attached hydrogen (secondary N) is 1. The molecule has 0 unspecified atom stereocenters. The summed E-state index contributed by atoms with van der Waals surface area (Å²) in [6.07, 6.45) is 2.24. The summed E-state index contributed by atoms with van der Waals surface area (Å²) in [5, 5.41) is 12.0. The minimum Gasteiger partial charge on any atom is -0.493 e. The van der Waals surface area contributed by atoms with Gasteiger partial charge in [0.15, 0.2) is 0 Å². The molecule has 88 valence electrons. The number of amides is 1. The SMILES string of the molecule is CC(C)(C)C(=O)NCCc1ccnc(O)c1. The summed E-state index contributed by atoms with van der Waals surface area (Å²) in [7, 11) is 0.